The van der Waals surface area contributed by atoms with E-state index in [0.717, 1.165) is 31.7 Å². The summed E-state index contributed by atoms with van der Waals surface area (Å²) >= 11 is 0. The minimum atomic E-state index is -0.150. The highest BCUT2D eigenvalue weighted by Crippen LogP contribution is 2.20. The number of nitrogens with one attached hydrogen (secondary N) is 1. The maximum absolute atomic E-state index is 12.3. The molecule has 0 aliphatic carbocycles. The topological polar surface area (TPSA) is 74.5 Å². The highest BCUT2D eigenvalue weighted by molar-refractivity contribution is 5.94. The summed E-state index contributed by atoms with van der Waals surface area (Å²) in [6.07, 6.45) is 1.49. The van der Waals surface area contributed by atoms with E-state index in [9.17, 15) is 4.79 Å². The van der Waals surface area contributed by atoms with E-state index in [1.54, 1.807) is 12.1 Å². The molecule has 1 aliphatic heterocycles. The fraction of sp³-hybridized carbons (Fsp3) is 0.368. The minimum Gasteiger partial charge on any atom is -0.384 e. The Labute approximate surface area is 148 Å². The van der Waals surface area contributed by atoms with Gasteiger partial charge >= 0.3 is 0 Å². The van der Waals surface area contributed by atoms with Gasteiger partial charge in [-0.15, -0.1) is 0 Å². The first-order chi connectivity index (χ1) is 12.0. The Bertz CT molecular complexity index is 706. The van der Waals surface area contributed by atoms with E-state index in [1.165, 1.54) is 11.9 Å². The normalized spacial score (nSPS) is 16.5. The van der Waals surface area contributed by atoms with Crippen LogP contribution in [0.15, 0.2) is 42.6 Å². The summed E-state index contributed by atoms with van der Waals surface area (Å²) in [6, 6.07) is 11.7. The largest absolute Gasteiger partial charge is 0.384 e. The molecule has 0 radical (unpaired) electrons. The molecule has 25 heavy (non-hydrogen) atoms. The van der Waals surface area contributed by atoms with E-state index in [0.29, 0.717) is 11.4 Å². The molecule has 132 valence electrons. The number of anilines is 2. The molecule has 1 aromatic carbocycles. The summed E-state index contributed by atoms with van der Waals surface area (Å²) in [5, 5.41) is 3.00. The average molecular weight is 339 g/mol. The van der Waals surface area contributed by atoms with Crippen LogP contribution in [-0.2, 0) is 0 Å². The number of hydrogen-bond acceptors (Lipinski definition) is 5. The van der Waals surface area contributed by atoms with Crippen molar-refractivity contribution in [3.63, 3.8) is 0 Å². The second-order valence-electron chi connectivity index (χ2n) is 6.55. The van der Waals surface area contributed by atoms with E-state index >= 15 is 0 Å². The standard InChI is InChI=1S/C19H25N5O/c1-14(22-19(25)16-5-8-18(20)21-13-16)15-3-6-17(7-4-15)24-11-9-23(2)10-12-24/h3-8,13-14H,9-12H2,1-2H3,(H2,20,21)(H,22,25)/t14-/m0/s1. The molecule has 1 saturated heterocycles. The molecule has 1 aromatic heterocycles. The van der Waals surface area contributed by atoms with E-state index in [4.69, 9.17) is 5.73 Å². The molecule has 6 nitrogen and oxygen atoms in total. The summed E-state index contributed by atoms with van der Waals surface area (Å²) < 4.78 is 0. The zero-order chi connectivity index (χ0) is 17.8. The van der Waals surface area contributed by atoms with Crippen molar-refractivity contribution in [3.05, 3.63) is 53.7 Å². The first-order valence-electron chi connectivity index (χ1n) is 8.59. The fourth-order valence-electron chi connectivity index (χ4n) is 2.94. The van der Waals surface area contributed by atoms with Crippen molar-refractivity contribution in [2.75, 3.05) is 43.9 Å². The van der Waals surface area contributed by atoms with Gasteiger partial charge in [0.05, 0.1) is 11.6 Å². The Morgan fingerprint density at radius 3 is 2.40 bits per heavy atom. The Morgan fingerprint density at radius 1 is 1.12 bits per heavy atom. The van der Waals surface area contributed by atoms with Gasteiger partial charge in [0.15, 0.2) is 0 Å². The monoisotopic (exact) mass is 339 g/mol. The molecule has 0 unspecified atom stereocenters. The number of amides is 1. The molecule has 0 bridgehead atoms. The summed E-state index contributed by atoms with van der Waals surface area (Å²) in [7, 11) is 2.15. The second-order valence-corrected chi connectivity index (χ2v) is 6.55. The lowest BCUT2D eigenvalue weighted by Crippen LogP contribution is -2.44. The number of piperazine rings is 1. The lowest BCUT2D eigenvalue weighted by Gasteiger charge is -2.34. The van der Waals surface area contributed by atoms with Gasteiger partial charge in [-0.2, -0.15) is 0 Å². The number of hydrogen-bond donors (Lipinski definition) is 2. The van der Waals surface area contributed by atoms with Crippen LogP contribution in [-0.4, -0.2) is 49.0 Å². The number of likely N-dealkylation sites (N-methyl/N-ethyl adjacent to an activating group) is 1. The third-order valence-corrected chi connectivity index (χ3v) is 4.66. The first-order valence-corrected chi connectivity index (χ1v) is 8.59. The van der Waals surface area contributed by atoms with Crippen LogP contribution in [0.4, 0.5) is 11.5 Å². The van der Waals surface area contributed by atoms with Gasteiger partial charge in [-0.3, -0.25) is 4.79 Å². The second kappa shape index (κ2) is 7.53. The molecule has 6 heteroatoms. The lowest BCUT2D eigenvalue weighted by molar-refractivity contribution is 0.0939. The highest BCUT2D eigenvalue weighted by atomic mass is 16.1. The summed E-state index contributed by atoms with van der Waals surface area (Å²) in [6.45, 7) is 6.25. The molecule has 3 N–H and O–H groups in total. The molecule has 0 spiro atoms. The molecule has 0 saturated carbocycles. The van der Waals surface area contributed by atoms with Crippen molar-refractivity contribution >= 4 is 17.4 Å². The summed E-state index contributed by atoms with van der Waals surface area (Å²) in [5.74, 6) is 0.257. The number of nitrogen functional groups attached to an aromatic ring is 1. The Hall–Kier alpha value is -2.60. The van der Waals surface area contributed by atoms with Crippen LogP contribution in [0.3, 0.4) is 0 Å². The fourth-order valence-corrected chi connectivity index (χ4v) is 2.94. The number of pyridine rings is 1. The van der Waals surface area contributed by atoms with Gasteiger partial charge in [-0.05, 0) is 43.8 Å². The van der Waals surface area contributed by atoms with Gasteiger partial charge in [-0.25, -0.2) is 4.98 Å². The zero-order valence-corrected chi connectivity index (χ0v) is 14.8. The minimum absolute atomic E-state index is 0.0772. The van der Waals surface area contributed by atoms with Gasteiger partial charge in [0, 0.05) is 38.1 Å². The van der Waals surface area contributed by atoms with Gasteiger partial charge in [0.1, 0.15) is 5.82 Å². The smallest absolute Gasteiger partial charge is 0.253 e. The first kappa shape index (κ1) is 17.2. The average Bonchev–Trinajstić information content (AvgIpc) is 2.63. The van der Waals surface area contributed by atoms with E-state index in [2.05, 4.69) is 51.4 Å². The number of aromatic nitrogens is 1. The van der Waals surface area contributed by atoms with Crippen LogP contribution in [0.1, 0.15) is 28.9 Å². The van der Waals surface area contributed by atoms with Gasteiger partial charge in [-0.1, -0.05) is 12.1 Å². The quantitative estimate of drug-likeness (QED) is 0.890. The van der Waals surface area contributed by atoms with Crippen LogP contribution in [0.5, 0.6) is 0 Å². The van der Waals surface area contributed by atoms with Crippen molar-refractivity contribution in [1.29, 1.82) is 0 Å². The zero-order valence-electron chi connectivity index (χ0n) is 14.8. The molecular weight excluding hydrogens is 314 g/mol. The van der Waals surface area contributed by atoms with E-state index < -0.39 is 0 Å². The number of carbonyl (C=O) groups excluding carboxylic acids is 1. The van der Waals surface area contributed by atoms with E-state index in [1.807, 2.05) is 6.92 Å². The Morgan fingerprint density at radius 2 is 1.80 bits per heavy atom. The van der Waals surface area contributed by atoms with Crippen molar-refractivity contribution in [2.45, 2.75) is 13.0 Å². The molecule has 1 fully saturated rings. The Balaban J connectivity index is 1.61. The molecule has 2 heterocycles. The molecule has 1 amide bonds. The lowest BCUT2D eigenvalue weighted by atomic mass is 10.1. The van der Waals surface area contributed by atoms with E-state index in [-0.39, 0.29) is 11.9 Å². The van der Waals surface area contributed by atoms with Crippen LogP contribution < -0.4 is 16.0 Å². The third kappa shape index (κ3) is 4.28. The summed E-state index contributed by atoms with van der Waals surface area (Å²) in [5.41, 5.74) is 8.38. The van der Waals surface area contributed by atoms with Gasteiger partial charge in [0.2, 0.25) is 0 Å². The molecule has 2 aromatic rings. The molecule has 1 aliphatic rings. The number of rotatable bonds is 4. The van der Waals surface area contributed by atoms with Crippen LogP contribution in [0.2, 0.25) is 0 Å². The van der Waals surface area contributed by atoms with Crippen LogP contribution in [0, 0.1) is 0 Å². The van der Waals surface area contributed by atoms with Crippen molar-refractivity contribution < 1.29 is 4.79 Å². The van der Waals surface area contributed by atoms with Crippen molar-refractivity contribution in [3.8, 4) is 0 Å². The van der Waals surface area contributed by atoms with Crippen molar-refractivity contribution in [2.24, 2.45) is 0 Å². The Kier molecular flexibility index (Phi) is 5.19. The predicted molar refractivity (Wildman–Crippen MR) is 101 cm³/mol. The maximum Gasteiger partial charge on any atom is 0.253 e. The predicted octanol–water partition coefficient (Wildman–Crippen LogP) is 1.91. The SMILES string of the molecule is C[C@H](NC(=O)c1ccc(N)nc1)c1ccc(N2CCN(C)CC2)cc1. The van der Waals surface area contributed by atoms with Crippen LogP contribution in [0.25, 0.3) is 0 Å². The number of nitrogens with two attached hydrogens (primary N) is 1. The third-order valence-electron chi connectivity index (χ3n) is 4.66. The van der Waals surface area contributed by atoms with Crippen molar-refractivity contribution in [1.82, 2.24) is 15.2 Å². The molecular formula is C19H25N5O. The molecule has 3 rings (SSSR count). The number of benzene rings is 1. The highest BCUT2D eigenvalue weighted by Gasteiger charge is 2.15. The van der Waals surface area contributed by atoms with Gasteiger partial charge in [0.25, 0.3) is 5.91 Å². The number of nitrogens with zero attached hydrogens (tertiary/aromatic N) is 3. The van der Waals surface area contributed by atoms with Gasteiger partial charge < -0.3 is 20.9 Å². The summed E-state index contributed by atoms with van der Waals surface area (Å²) in [4.78, 5) is 21.0. The number of carbonyl (C=O) groups is 1. The van der Waals surface area contributed by atoms with Crippen LogP contribution >= 0.6 is 0 Å². The maximum atomic E-state index is 12.3. The molecule has 1 atom stereocenters.